The molecule has 0 saturated carbocycles. The van der Waals surface area contributed by atoms with E-state index in [9.17, 15) is 4.79 Å². The first-order valence-corrected chi connectivity index (χ1v) is 6.65. The molecule has 0 unspecified atom stereocenters. The average molecular weight is 285 g/mol. The molecular weight excluding hydrogens is 270 g/mol. The van der Waals surface area contributed by atoms with E-state index >= 15 is 0 Å². The number of aromatic nitrogens is 1. The van der Waals surface area contributed by atoms with Crippen molar-refractivity contribution in [1.82, 2.24) is 4.98 Å². The Morgan fingerprint density at radius 2 is 2.19 bits per heavy atom. The molecule has 0 spiro atoms. The molecule has 0 amide bonds. The van der Waals surface area contributed by atoms with Crippen LogP contribution in [0.5, 0.6) is 5.75 Å². The highest BCUT2D eigenvalue weighted by Gasteiger charge is 2.22. The van der Waals surface area contributed by atoms with E-state index in [4.69, 9.17) is 13.9 Å². The molecule has 21 heavy (non-hydrogen) atoms. The number of aromatic amines is 1. The quantitative estimate of drug-likeness (QED) is 0.744. The summed E-state index contributed by atoms with van der Waals surface area (Å²) < 4.78 is 15.8. The van der Waals surface area contributed by atoms with E-state index in [1.54, 1.807) is 26.4 Å². The van der Waals surface area contributed by atoms with Gasteiger partial charge in [-0.3, -0.25) is 0 Å². The number of fused-ring (bicyclic) bond motifs is 1. The maximum absolute atomic E-state index is 12.2. The van der Waals surface area contributed by atoms with Gasteiger partial charge in [-0.1, -0.05) is 0 Å². The Bertz CT molecular complexity index is 771. The molecule has 0 bridgehead atoms. The SMILES string of the molecule is CCOC(=O)c1[nH]c2ccc(OC)cc2c1-c1ccco1. The molecule has 108 valence electrons. The number of benzene rings is 1. The molecule has 5 heteroatoms. The molecule has 0 radical (unpaired) electrons. The first-order chi connectivity index (χ1) is 10.2. The number of carbonyl (C=O) groups is 1. The Balaban J connectivity index is 2.26. The third-order valence-corrected chi connectivity index (χ3v) is 3.25. The van der Waals surface area contributed by atoms with Crippen molar-refractivity contribution in [3.63, 3.8) is 0 Å². The topological polar surface area (TPSA) is 64.5 Å². The summed E-state index contributed by atoms with van der Waals surface area (Å²) in [7, 11) is 1.60. The zero-order valence-corrected chi connectivity index (χ0v) is 11.8. The van der Waals surface area contributed by atoms with Gasteiger partial charge >= 0.3 is 5.97 Å². The lowest BCUT2D eigenvalue weighted by molar-refractivity contribution is 0.0521. The minimum Gasteiger partial charge on any atom is -0.497 e. The van der Waals surface area contributed by atoms with Crippen LogP contribution in [0.3, 0.4) is 0 Å². The second-order valence-electron chi connectivity index (χ2n) is 4.48. The van der Waals surface area contributed by atoms with E-state index in [0.29, 0.717) is 29.4 Å². The lowest BCUT2D eigenvalue weighted by atomic mass is 10.1. The van der Waals surface area contributed by atoms with Crippen molar-refractivity contribution in [1.29, 1.82) is 0 Å². The number of furan rings is 1. The van der Waals surface area contributed by atoms with Gasteiger partial charge in [-0.15, -0.1) is 0 Å². The Hall–Kier alpha value is -2.69. The highest BCUT2D eigenvalue weighted by Crippen LogP contribution is 2.35. The monoisotopic (exact) mass is 285 g/mol. The molecule has 0 aliphatic rings. The van der Waals surface area contributed by atoms with E-state index in [-0.39, 0.29) is 0 Å². The van der Waals surface area contributed by atoms with Crippen LogP contribution in [-0.4, -0.2) is 24.7 Å². The molecule has 2 heterocycles. The summed E-state index contributed by atoms with van der Waals surface area (Å²) in [4.78, 5) is 15.3. The number of nitrogens with one attached hydrogen (secondary N) is 1. The van der Waals surface area contributed by atoms with E-state index < -0.39 is 5.97 Å². The summed E-state index contributed by atoms with van der Waals surface area (Å²) in [5, 5.41) is 0.854. The van der Waals surface area contributed by atoms with Gasteiger partial charge in [0.1, 0.15) is 17.2 Å². The van der Waals surface area contributed by atoms with E-state index in [1.807, 2.05) is 24.3 Å². The molecule has 1 aromatic carbocycles. The maximum atomic E-state index is 12.2. The standard InChI is InChI=1S/C16H15NO4/c1-3-20-16(18)15-14(13-5-4-8-21-13)11-9-10(19-2)6-7-12(11)17-15/h4-9,17H,3H2,1-2H3. The van der Waals surface area contributed by atoms with Gasteiger partial charge in [0.15, 0.2) is 0 Å². The summed E-state index contributed by atoms with van der Waals surface area (Å²) in [5.41, 5.74) is 1.90. The van der Waals surface area contributed by atoms with Crippen LogP contribution in [0.4, 0.5) is 0 Å². The second-order valence-corrected chi connectivity index (χ2v) is 4.48. The van der Waals surface area contributed by atoms with Gasteiger partial charge in [-0.2, -0.15) is 0 Å². The lowest BCUT2D eigenvalue weighted by Crippen LogP contribution is -2.06. The number of rotatable bonds is 4. The molecule has 0 aliphatic heterocycles. The Morgan fingerprint density at radius 1 is 1.33 bits per heavy atom. The number of methoxy groups -OCH3 is 1. The van der Waals surface area contributed by atoms with Gasteiger partial charge < -0.3 is 18.9 Å². The maximum Gasteiger partial charge on any atom is 0.355 e. The fourth-order valence-corrected chi connectivity index (χ4v) is 2.33. The molecule has 0 saturated heterocycles. The van der Waals surface area contributed by atoms with E-state index in [0.717, 1.165) is 10.9 Å². The predicted molar refractivity (Wildman–Crippen MR) is 78.5 cm³/mol. The highest BCUT2D eigenvalue weighted by atomic mass is 16.5. The minimum atomic E-state index is -0.404. The molecule has 3 rings (SSSR count). The van der Waals surface area contributed by atoms with Crippen molar-refractivity contribution in [2.75, 3.05) is 13.7 Å². The van der Waals surface area contributed by atoms with Crippen LogP contribution in [0.2, 0.25) is 0 Å². The molecule has 5 nitrogen and oxygen atoms in total. The third kappa shape index (κ3) is 2.27. The van der Waals surface area contributed by atoms with Crippen molar-refractivity contribution < 1.29 is 18.7 Å². The molecule has 3 aromatic rings. The van der Waals surface area contributed by atoms with Crippen molar-refractivity contribution in [3.8, 4) is 17.1 Å². The Labute approximate surface area is 121 Å². The summed E-state index contributed by atoms with van der Waals surface area (Å²) >= 11 is 0. The summed E-state index contributed by atoms with van der Waals surface area (Å²) in [6, 6.07) is 9.16. The normalized spacial score (nSPS) is 10.8. The number of esters is 1. The minimum absolute atomic E-state index is 0.315. The van der Waals surface area contributed by atoms with Crippen LogP contribution >= 0.6 is 0 Å². The molecule has 0 aliphatic carbocycles. The number of ether oxygens (including phenoxy) is 2. The number of H-pyrrole nitrogens is 1. The van der Waals surface area contributed by atoms with Crippen molar-refractivity contribution >= 4 is 16.9 Å². The summed E-state index contributed by atoms with van der Waals surface area (Å²) in [5.74, 6) is 0.918. The van der Waals surface area contributed by atoms with Gasteiger partial charge in [0.05, 0.1) is 25.5 Å². The molecular formula is C16H15NO4. The lowest BCUT2D eigenvalue weighted by Gasteiger charge is -2.03. The van der Waals surface area contributed by atoms with Crippen LogP contribution < -0.4 is 4.74 Å². The predicted octanol–water partition coefficient (Wildman–Crippen LogP) is 3.61. The van der Waals surface area contributed by atoms with Crippen LogP contribution in [-0.2, 0) is 4.74 Å². The van der Waals surface area contributed by atoms with Gasteiger partial charge in [0.25, 0.3) is 0 Å². The zero-order chi connectivity index (χ0) is 14.8. The van der Waals surface area contributed by atoms with Crippen molar-refractivity contribution in [2.45, 2.75) is 6.92 Å². The van der Waals surface area contributed by atoms with Crippen molar-refractivity contribution in [3.05, 3.63) is 42.3 Å². The first-order valence-electron chi connectivity index (χ1n) is 6.65. The number of carbonyl (C=O) groups excluding carboxylic acids is 1. The van der Waals surface area contributed by atoms with E-state index in [2.05, 4.69) is 4.98 Å². The highest BCUT2D eigenvalue weighted by molar-refractivity contribution is 6.07. The van der Waals surface area contributed by atoms with Crippen LogP contribution in [0.1, 0.15) is 17.4 Å². The van der Waals surface area contributed by atoms with Gasteiger partial charge in [0, 0.05) is 10.9 Å². The molecule has 1 N–H and O–H groups in total. The van der Waals surface area contributed by atoms with Gasteiger partial charge in [-0.25, -0.2) is 4.79 Å². The van der Waals surface area contributed by atoms with Gasteiger partial charge in [-0.05, 0) is 37.3 Å². The molecule has 2 aromatic heterocycles. The summed E-state index contributed by atoms with van der Waals surface area (Å²) in [6.45, 7) is 2.09. The number of hydrogen-bond acceptors (Lipinski definition) is 4. The zero-order valence-electron chi connectivity index (χ0n) is 11.8. The fourth-order valence-electron chi connectivity index (χ4n) is 2.33. The van der Waals surface area contributed by atoms with Crippen LogP contribution in [0.25, 0.3) is 22.2 Å². The van der Waals surface area contributed by atoms with Crippen LogP contribution in [0.15, 0.2) is 41.0 Å². The average Bonchev–Trinajstić information content (AvgIpc) is 3.13. The van der Waals surface area contributed by atoms with E-state index in [1.165, 1.54) is 0 Å². The van der Waals surface area contributed by atoms with Crippen LogP contribution in [0, 0.1) is 0 Å². The van der Waals surface area contributed by atoms with Gasteiger partial charge in [0.2, 0.25) is 0 Å². The molecule has 0 atom stereocenters. The number of hydrogen-bond donors (Lipinski definition) is 1. The third-order valence-electron chi connectivity index (χ3n) is 3.25. The summed E-state index contributed by atoms with van der Waals surface area (Å²) in [6.07, 6.45) is 1.57. The first kappa shape index (κ1) is 13.3. The van der Waals surface area contributed by atoms with Crippen molar-refractivity contribution in [2.24, 2.45) is 0 Å². The Morgan fingerprint density at radius 3 is 2.86 bits per heavy atom. The second kappa shape index (κ2) is 5.36. The fraction of sp³-hybridized carbons (Fsp3) is 0.188. The largest absolute Gasteiger partial charge is 0.497 e. The Kier molecular flexibility index (Phi) is 3.39. The smallest absolute Gasteiger partial charge is 0.355 e. The molecule has 0 fully saturated rings.